The Labute approximate surface area is 172 Å². The number of fused-ring (bicyclic) bond motifs is 3. The van der Waals surface area contributed by atoms with E-state index in [9.17, 15) is 4.79 Å². The van der Waals surface area contributed by atoms with Crippen LogP contribution < -0.4 is 5.56 Å². The Morgan fingerprint density at radius 2 is 2.00 bits per heavy atom. The number of aryl methyl sites for hydroxylation is 1. The van der Waals surface area contributed by atoms with Crippen LogP contribution in [0.4, 0.5) is 0 Å². The number of hydrogen-bond donors (Lipinski definition) is 0. The van der Waals surface area contributed by atoms with Crippen LogP contribution in [-0.4, -0.2) is 40.1 Å². The summed E-state index contributed by atoms with van der Waals surface area (Å²) in [5.41, 5.74) is 2.34. The number of allylic oxidation sites excluding steroid dienone is 1. The highest BCUT2D eigenvalue weighted by atomic mass is 32.2. The number of likely N-dealkylation sites (N-methyl/N-ethyl adjacent to an activating group) is 1. The minimum atomic E-state index is 0.0406. The minimum Gasteiger partial charge on any atom is -0.380 e. The van der Waals surface area contributed by atoms with Crippen LogP contribution in [0.1, 0.15) is 75.9 Å². The Morgan fingerprint density at radius 1 is 1.25 bits per heavy atom. The zero-order valence-corrected chi connectivity index (χ0v) is 18.3. The van der Waals surface area contributed by atoms with Gasteiger partial charge in [-0.2, -0.15) is 0 Å². The predicted molar refractivity (Wildman–Crippen MR) is 116 cm³/mol. The molecule has 0 spiro atoms. The van der Waals surface area contributed by atoms with Gasteiger partial charge in [0, 0.05) is 38.5 Å². The van der Waals surface area contributed by atoms with Crippen LogP contribution in [0.2, 0.25) is 0 Å². The molecule has 3 heterocycles. The van der Waals surface area contributed by atoms with Gasteiger partial charge in [0.25, 0.3) is 5.56 Å². The second-order valence-electron chi connectivity index (χ2n) is 8.70. The molecular weight excluding hydrogens is 368 g/mol. The average molecular weight is 401 g/mol. The fourth-order valence-electron chi connectivity index (χ4n) is 4.75. The topological polar surface area (TPSA) is 50.5 Å². The normalized spacial score (nSPS) is 28.6. The number of unbranched alkanes of at least 4 members (excludes halogenated alkanes) is 1. The van der Waals surface area contributed by atoms with Crippen molar-refractivity contribution in [2.45, 2.75) is 81.0 Å². The summed E-state index contributed by atoms with van der Waals surface area (Å²) < 4.78 is 2.08. The molecule has 1 aromatic heterocycles. The molecule has 4 rings (SSSR count). The summed E-state index contributed by atoms with van der Waals surface area (Å²) in [5, 5.41) is 0.0406. The first-order valence-electron chi connectivity index (χ1n) is 10.7. The molecule has 1 aliphatic carbocycles. The van der Waals surface area contributed by atoms with Crippen LogP contribution in [0, 0.1) is 5.92 Å². The number of nitrogens with zero attached hydrogens (tertiary/aromatic N) is 4. The molecule has 2 aliphatic heterocycles. The number of aromatic nitrogens is 2. The molecule has 1 saturated carbocycles. The first-order valence-corrected chi connectivity index (χ1v) is 11.6. The highest BCUT2D eigenvalue weighted by Crippen LogP contribution is 2.49. The Morgan fingerprint density at radius 3 is 2.68 bits per heavy atom. The lowest BCUT2D eigenvalue weighted by molar-refractivity contribution is 0.275. The van der Waals surface area contributed by atoms with Crippen molar-refractivity contribution in [3.8, 4) is 0 Å². The van der Waals surface area contributed by atoms with E-state index in [4.69, 9.17) is 4.98 Å². The van der Waals surface area contributed by atoms with E-state index >= 15 is 0 Å². The summed E-state index contributed by atoms with van der Waals surface area (Å²) in [4.78, 5) is 26.5. The maximum Gasteiger partial charge on any atom is 0.267 e. The van der Waals surface area contributed by atoms with Crippen LogP contribution in [0.3, 0.4) is 0 Å². The SMILES string of the molecule is CCCCc1nc2c(c(=O)n1C1CCC(C)CC1)SC1N=CC=C(N(C)C)C21. The Balaban J connectivity index is 1.79. The third-order valence-corrected chi connectivity index (χ3v) is 7.66. The van der Waals surface area contributed by atoms with Crippen LogP contribution in [0.15, 0.2) is 26.5 Å². The van der Waals surface area contributed by atoms with Crippen LogP contribution in [0.5, 0.6) is 0 Å². The number of thioether (sulfide) groups is 1. The van der Waals surface area contributed by atoms with Gasteiger partial charge in [-0.05, 0) is 44.1 Å². The van der Waals surface area contributed by atoms with Gasteiger partial charge in [0.2, 0.25) is 0 Å². The lowest BCUT2D eigenvalue weighted by Gasteiger charge is -2.30. The van der Waals surface area contributed by atoms with E-state index in [-0.39, 0.29) is 16.9 Å². The van der Waals surface area contributed by atoms with E-state index in [0.717, 1.165) is 54.4 Å². The quantitative estimate of drug-likeness (QED) is 0.736. The van der Waals surface area contributed by atoms with E-state index < -0.39 is 0 Å². The van der Waals surface area contributed by atoms with Gasteiger partial charge in [-0.1, -0.05) is 32.0 Å². The summed E-state index contributed by atoms with van der Waals surface area (Å²) in [6.45, 7) is 4.53. The van der Waals surface area contributed by atoms with E-state index in [0.29, 0.717) is 6.04 Å². The van der Waals surface area contributed by atoms with Crippen LogP contribution >= 0.6 is 11.8 Å². The van der Waals surface area contributed by atoms with Gasteiger partial charge in [0.1, 0.15) is 11.2 Å². The minimum absolute atomic E-state index is 0.0406. The van der Waals surface area contributed by atoms with E-state index in [1.54, 1.807) is 11.8 Å². The molecule has 0 saturated heterocycles. The molecule has 152 valence electrons. The molecular formula is C22H32N4OS. The zero-order valence-electron chi connectivity index (χ0n) is 17.5. The number of dihydropyridines is 1. The fraction of sp³-hybridized carbons (Fsp3) is 0.682. The van der Waals surface area contributed by atoms with E-state index in [1.807, 2.05) is 6.21 Å². The molecule has 0 bridgehead atoms. The number of hydrogen-bond acceptors (Lipinski definition) is 5. The maximum absolute atomic E-state index is 13.7. The summed E-state index contributed by atoms with van der Waals surface area (Å²) in [7, 11) is 4.13. The summed E-state index contributed by atoms with van der Waals surface area (Å²) in [5.74, 6) is 1.86. The lowest BCUT2D eigenvalue weighted by atomic mass is 9.87. The van der Waals surface area contributed by atoms with Crippen molar-refractivity contribution in [3.05, 3.63) is 33.6 Å². The molecule has 28 heavy (non-hydrogen) atoms. The standard InChI is InChI=1S/C22H32N4OS/c1-5-6-7-17-24-19-18-16(25(3)4)12-13-23-21(18)28-20(19)22(27)26(17)15-10-8-14(2)9-11-15/h12-15,18,21H,5-11H2,1-4H3. The number of aliphatic imine (C=N–C) groups is 1. The van der Waals surface area contributed by atoms with E-state index in [1.165, 1.54) is 18.5 Å². The van der Waals surface area contributed by atoms with Crippen molar-refractivity contribution in [3.63, 3.8) is 0 Å². The van der Waals surface area contributed by atoms with Gasteiger partial charge in [0.15, 0.2) is 0 Å². The molecule has 6 heteroatoms. The second-order valence-corrected chi connectivity index (χ2v) is 9.83. The zero-order chi connectivity index (χ0) is 19.8. The second kappa shape index (κ2) is 8.05. The van der Waals surface area contributed by atoms with Gasteiger partial charge in [-0.15, -0.1) is 0 Å². The summed E-state index contributed by atoms with van der Waals surface area (Å²) in [6.07, 6.45) is 11.6. The van der Waals surface area contributed by atoms with Crippen LogP contribution in [0.25, 0.3) is 0 Å². The largest absolute Gasteiger partial charge is 0.380 e. The van der Waals surface area contributed by atoms with Crippen molar-refractivity contribution in [2.75, 3.05) is 14.1 Å². The Hall–Kier alpha value is -1.56. The monoisotopic (exact) mass is 400 g/mol. The maximum atomic E-state index is 13.7. The fourth-order valence-corrected chi connectivity index (χ4v) is 6.02. The molecule has 2 unspecified atom stereocenters. The summed E-state index contributed by atoms with van der Waals surface area (Å²) >= 11 is 1.62. The Bertz CT molecular complexity index is 849. The molecule has 5 nitrogen and oxygen atoms in total. The average Bonchev–Trinajstić information content (AvgIpc) is 3.06. The molecule has 0 amide bonds. The van der Waals surface area contributed by atoms with Gasteiger partial charge in [-0.3, -0.25) is 14.4 Å². The Kier molecular flexibility index (Phi) is 5.68. The molecule has 2 atom stereocenters. The third kappa shape index (κ3) is 3.44. The summed E-state index contributed by atoms with van der Waals surface area (Å²) in [6, 6.07) is 0.309. The van der Waals surface area contributed by atoms with Crippen molar-refractivity contribution in [2.24, 2.45) is 10.9 Å². The van der Waals surface area contributed by atoms with Gasteiger partial charge >= 0.3 is 0 Å². The van der Waals surface area contributed by atoms with Crippen molar-refractivity contribution < 1.29 is 0 Å². The lowest BCUT2D eigenvalue weighted by Crippen LogP contribution is -2.33. The molecule has 0 N–H and O–H groups in total. The van der Waals surface area contributed by atoms with Crippen molar-refractivity contribution in [1.29, 1.82) is 0 Å². The predicted octanol–water partition coefficient (Wildman–Crippen LogP) is 4.38. The molecule has 3 aliphatic rings. The first kappa shape index (κ1) is 19.7. The van der Waals surface area contributed by atoms with Crippen LogP contribution in [-0.2, 0) is 6.42 Å². The highest BCUT2D eigenvalue weighted by Gasteiger charge is 2.42. The van der Waals surface area contributed by atoms with Crippen molar-refractivity contribution >= 4 is 18.0 Å². The van der Waals surface area contributed by atoms with Gasteiger partial charge < -0.3 is 4.90 Å². The molecule has 1 aromatic rings. The number of rotatable bonds is 5. The smallest absolute Gasteiger partial charge is 0.267 e. The van der Waals surface area contributed by atoms with Gasteiger partial charge in [-0.25, -0.2) is 4.98 Å². The molecule has 1 fully saturated rings. The van der Waals surface area contributed by atoms with E-state index in [2.05, 4.69) is 48.5 Å². The third-order valence-electron chi connectivity index (χ3n) is 6.41. The van der Waals surface area contributed by atoms with Crippen molar-refractivity contribution in [1.82, 2.24) is 14.5 Å². The first-order chi connectivity index (χ1) is 13.5. The molecule has 0 aromatic carbocycles. The highest BCUT2D eigenvalue weighted by molar-refractivity contribution is 8.00. The van der Waals surface area contributed by atoms with Gasteiger partial charge in [0.05, 0.1) is 16.5 Å². The molecule has 0 radical (unpaired) electrons.